The molecule has 0 fully saturated rings. The van der Waals surface area contributed by atoms with Gasteiger partial charge in [-0.1, -0.05) is 0 Å². The minimum Gasteiger partial charge on any atom is -0.390 e. The van der Waals surface area contributed by atoms with E-state index in [0.29, 0.717) is 0 Å². The number of H-pyrrole nitrogens is 1. The van der Waals surface area contributed by atoms with Gasteiger partial charge in [-0.2, -0.15) is 0 Å². The number of aromatic nitrogens is 2. The molecule has 3 nitrogen and oxygen atoms in total. The Morgan fingerprint density at radius 2 is 2.50 bits per heavy atom. The van der Waals surface area contributed by atoms with Crippen molar-refractivity contribution in [1.82, 2.24) is 9.97 Å². The molecule has 0 saturated heterocycles. The zero-order chi connectivity index (χ0) is 8.39. The van der Waals surface area contributed by atoms with Crippen LogP contribution in [0.1, 0.15) is 5.69 Å². The van der Waals surface area contributed by atoms with E-state index in [1.165, 1.54) is 11.3 Å². The average Bonchev–Trinajstić information content (AvgIpc) is 2.75. The van der Waals surface area contributed by atoms with Gasteiger partial charge in [-0.3, -0.25) is 0 Å². The number of aliphatic hydroxyl groups is 1. The first-order valence-corrected chi connectivity index (χ1v) is 4.47. The Morgan fingerprint density at radius 1 is 1.58 bits per heavy atom. The third-order valence-electron chi connectivity index (χ3n) is 1.54. The van der Waals surface area contributed by atoms with Crippen molar-refractivity contribution in [3.05, 3.63) is 29.4 Å². The molecule has 2 aromatic rings. The maximum absolute atomic E-state index is 8.78. The first-order valence-electron chi connectivity index (χ1n) is 3.59. The number of hydrogen-bond acceptors (Lipinski definition) is 3. The van der Waals surface area contributed by atoms with Crippen molar-refractivity contribution in [1.29, 1.82) is 0 Å². The summed E-state index contributed by atoms with van der Waals surface area (Å²) < 4.78 is 0. The zero-order valence-electron chi connectivity index (χ0n) is 6.32. The molecule has 62 valence electrons. The Labute approximate surface area is 73.7 Å². The first kappa shape index (κ1) is 7.52. The Hall–Kier alpha value is -1.13. The summed E-state index contributed by atoms with van der Waals surface area (Å²) in [6, 6.07) is 3.88. The lowest BCUT2D eigenvalue weighted by molar-refractivity contribution is 0.278. The van der Waals surface area contributed by atoms with Gasteiger partial charge in [0.1, 0.15) is 5.01 Å². The highest BCUT2D eigenvalue weighted by Crippen LogP contribution is 2.21. The summed E-state index contributed by atoms with van der Waals surface area (Å²) in [5.74, 6) is 0. The molecule has 0 aromatic carbocycles. The first-order chi connectivity index (χ1) is 5.90. The van der Waals surface area contributed by atoms with Crippen LogP contribution < -0.4 is 0 Å². The van der Waals surface area contributed by atoms with Crippen molar-refractivity contribution >= 4 is 11.3 Å². The quantitative estimate of drug-likeness (QED) is 0.738. The molecule has 4 heteroatoms. The van der Waals surface area contributed by atoms with Gasteiger partial charge in [0.15, 0.2) is 0 Å². The minimum atomic E-state index is 0.0111. The van der Waals surface area contributed by atoms with Crippen LogP contribution in [0.5, 0.6) is 0 Å². The summed E-state index contributed by atoms with van der Waals surface area (Å²) in [5.41, 5.74) is 1.73. The molecule has 12 heavy (non-hydrogen) atoms. The van der Waals surface area contributed by atoms with Crippen molar-refractivity contribution < 1.29 is 5.11 Å². The van der Waals surface area contributed by atoms with Gasteiger partial charge < -0.3 is 10.1 Å². The molecule has 0 spiro atoms. The topological polar surface area (TPSA) is 48.9 Å². The van der Waals surface area contributed by atoms with Crippen LogP contribution in [0.3, 0.4) is 0 Å². The monoisotopic (exact) mass is 180 g/mol. The van der Waals surface area contributed by atoms with E-state index in [1.807, 2.05) is 23.7 Å². The molecule has 0 bridgehead atoms. The Kier molecular flexibility index (Phi) is 1.93. The second-order valence-electron chi connectivity index (χ2n) is 2.39. The Morgan fingerprint density at radius 3 is 3.08 bits per heavy atom. The van der Waals surface area contributed by atoms with E-state index in [0.717, 1.165) is 16.4 Å². The van der Waals surface area contributed by atoms with Crippen LogP contribution in [0, 0.1) is 0 Å². The fraction of sp³-hybridized carbons (Fsp3) is 0.125. The van der Waals surface area contributed by atoms with Crippen LogP contribution in [-0.4, -0.2) is 15.1 Å². The molecule has 2 heterocycles. The number of nitrogens with one attached hydrogen (secondary N) is 1. The molecule has 0 aliphatic rings. The molecule has 2 N–H and O–H groups in total. The number of rotatable bonds is 2. The fourth-order valence-electron chi connectivity index (χ4n) is 0.967. The van der Waals surface area contributed by atoms with Crippen molar-refractivity contribution in [3.8, 4) is 10.7 Å². The highest BCUT2D eigenvalue weighted by Gasteiger charge is 2.03. The highest BCUT2D eigenvalue weighted by atomic mass is 32.1. The second-order valence-corrected chi connectivity index (χ2v) is 3.24. The minimum absolute atomic E-state index is 0.0111. The Balaban J connectivity index is 2.35. The van der Waals surface area contributed by atoms with E-state index < -0.39 is 0 Å². The molecular formula is C8H8N2OS. The van der Waals surface area contributed by atoms with Crippen molar-refractivity contribution in [2.75, 3.05) is 0 Å². The lowest BCUT2D eigenvalue weighted by atomic mass is 10.4. The number of aromatic amines is 1. The highest BCUT2D eigenvalue weighted by molar-refractivity contribution is 7.13. The predicted octanol–water partition coefficient (Wildman–Crippen LogP) is 1.63. The Bertz CT molecular complexity index is 353. The van der Waals surface area contributed by atoms with Gasteiger partial charge in [0.05, 0.1) is 18.0 Å². The number of hydrogen-bond donors (Lipinski definition) is 2. The fourth-order valence-corrected chi connectivity index (χ4v) is 1.77. The third kappa shape index (κ3) is 1.26. The lowest BCUT2D eigenvalue weighted by Gasteiger charge is -1.87. The average molecular weight is 180 g/mol. The largest absolute Gasteiger partial charge is 0.390 e. The molecule has 0 unspecified atom stereocenters. The molecule has 2 rings (SSSR count). The summed E-state index contributed by atoms with van der Waals surface area (Å²) in [6.45, 7) is 0.0111. The maximum atomic E-state index is 8.78. The van der Waals surface area contributed by atoms with Crippen LogP contribution in [0.25, 0.3) is 10.7 Å². The van der Waals surface area contributed by atoms with Crippen LogP contribution in [0.4, 0.5) is 0 Å². The van der Waals surface area contributed by atoms with Crippen molar-refractivity contribution in [2.24, 2.45) is 0 Å². The van der Waals surface area contributed by atoms with Crippen molar-refractivity contribution in [3.63, 3.8) is 0 Å². The van der Waals surface area contributed by atoms with Crippen LogP contribution in [0.2, 0.25) is 0 Å². The number of thiazole rings is 1. The summed E-state index contributed by atoms with van der Waals surface area (Å²) in [5, 5.41) is 11.6. The zero-order valence-corrected chi connectivity index (χ0v) is 7.14. The molecule has 0 saturated carbocycles. The second kappa shape index (κ2) is 3.08. The van der Waals surface area contributed by atoms with E-state index in [2.05, 4.69) is 9.97 Å². The third-order valence-corrected chi connectivity index (χ3v) is 2.47. The maximum Gasteiger partial charge on any atom is 0.140 e. The predicted molar refractivity (Wildman–Crippen MR) is 47.8 cm³/mol. The van der Waals surface area contributed by atoms with Gasteiger partial charge in [0.2, 0.25) is 0 Å². The van der Waals surface area contributed by atoms with Gasteiger partial charge in [0, 0.05) is 11.6 Å². The molecule has 0 amide bonds. The summed E-state index contributed by atoms with van der Waals surface area (Å²) in [4.78, 5) is 7.27. The van der Waals surface area contributed by atoms with E-state index in [-0.39, 0.29) is 6.61 Å². The van der Waals surface area contributed by atoms with E-state index >= 15 is 0 Å². The summed E-state index contributed by atoms with van der Waals surface area (Å²) >= 11 is 1.53. The van der Waals surface area contributed by atoms with Gasteiger partial charge in [0.25, 0.3) is 0 Å². The van der Waals surface area contributed by atoms with Crippen LogP contribution >= 0.6 is 11.3 Å². The van der Waals surface area contributed by atoms with Gasteiger partial charge in [-0.15, -0.1) is 11.3 Å². The normalized spacial score (nSPS) is 10.4. The molecule has 2 aromatic heterocycles. The van der Waals surface area contributed by atoms with E-state index in [1.54, 1.807) is 0 Å². The number of nitrogens with zero attached hydrogens (tertiary/aromatic N) is 1. The van der Waals surface area contributed by atoms with Crippen molar-refractivity contribution in [2.45, 2.75) is 6.61 Å². The standard InChI is InChI=1S/C8H8N2OS/c11-4-6-5-12-8(10-6)7-2-1-3-9-7/h1-3,5,9,11H,4H2. The SMILES string of the molecule is OCc1csc(-c2ccc[nH]2)n1. The molecule has 0 aliphatic carbocycles. The molecule has 0 radical (unpaired) electrons. The number of aliphatic hydroxyl groups excluding tert-OH is 1. The van der Waals surface area contributed by atoms with Crippen LogP contribution in [-0.2, 0) is 6.61 Å². The molecule has 0 atom stereocenters. The summed E-state index contributed by atoms with van der Waals surface area (Å²) in [6.07, 6.45) is 1.86. The lowest BCUT2D eigenvalue weighted by Crippen LogP contribution is -1.82. The van der Waals surface area contributed by atoms with E-state index in [4.69, 9.17) is 5.11 Å². The van der Waals surface area contributed by atoms with Gasteiger partial charge in [-0.05, 0) is 12.1 Å². The van der Waals surface area contributed by atoms with Crippen LogP contribution in [0.15, 0.2) is 23.7 Å². The van der Waals surface area contributed by atoms with E-state index in [9.17, 15) is 0 Å². The van der Waals surface area contributed by atoms with Gasteiger partial charge >= 0.3 is 0 Å². The molecule has 0 aliphatic heterocycles. The smallest absolute Gasteiger partial charge is 0.140 e. The summed E-state index contributed by atoms with van der Waals surface area (Å²) in [7, 11) is 0. The molecular weight excluding hydrogens is 172 g/mol. The van der Waals surface area contributed by atoms with Gasteiger partial charge in [-0.25, -0.2) is 4.98 Å².